The zero-order valence-electron chi connectivity index (χ0n) is 50.6. The second-order valence-electron chi connectivity index (χ2n) is 21.9. The summed E-state index contributed by atoms with van der Waals surface area (Å²) < 4.78 is 33.3. The van der Waals surface area contributed by atoms with Crippen molar-refractivity contribution in [2.24, 2.45) is 23.7 Å². The van der Waals surface area contributed by atoms with Crippen molar-refractivity contribution < 1.29 is 71.9 Å². The number of nitrogens with one attached hydrogen (secondary N) is 4. The van der Waals surface area contributed by atoms with Crippen LogP contribution in [-0.4, -0.2) is 203 Å². The van der Waals surface area contributed by atoms with Gasteiger partial charge in [-0.2, -0.15) is 0 Å². The lowest BCUT2D eigenvalue weighted by Crippen LogP contribution is -2.59. The number of likely N-dealkylation sites (N-methyl/N-ethyl adjacent to an activating group) is 2. The van der Waals surface area contributed by atoms with Gasteiger partial charge in [-0.3, -0.25) is 38.5 Å². The number of methoxy groups -OCH3 is 3. The molecule has 2 rings (SSSR count). The van der Waals surface area contributed by atoms with E-state index in [0.717, 1.165) is 5.56 Å². The summed E-state index contributed by atoms with van der Waals surface area (Å²) in [4.78, 5) is 113. The number of amides is 6. The monoisotopic (exact) mass is 1130 g/mol. The highest BCUT2D eigenvalue weighted by molar-refractivity contribution is 5.91. The van der Waals surface area contributed by atoms with E-state index in [-0.39, 0.29) is 100 Å². The predicted octanol–water partition coefficient (Wildman–Crippen LogP) is 3.39. The van der Waals surface area contributed by atoms with Gasteiger partial charge in [0.05, 0.1) is 62.0 Å². The van der Waals surface area contributed by atoms with Crippen LogP contribution < -0.4 is 21.3 Å². The van der Waals surface area contributed by atoms with Gasteiger partial charge in [-0.25, -0.2) is 4.79 Å². The molecule has 1 aromatic rings. The molecule has 3 unspecified atom stereocenters. The number of carbonyl (C=O) groups is 8. The van der Waals surface area contributed by atoms with Crippen molar-refractivity contribution in [3.05, 3.63) is 35.9 Å². The van der Waals surface area contributed by atoms with Crippen molar-refractivity contribution >= 4 is 47.4 Å². The van der Waals surface area contributed by atoms with Gasteiger partial charge in [0.1, 0.15) is 24.7 Å². The van der Waals surface area contributed by atoms with Crippen molar-refractivity contribution in [3.63, 3.8) is 0 Å². The van der Waals surface area contributed by atoms with Crippen molar-refractivity contribution in [2.75, 3.05) is 75.4 Å². The zero-order chi connectivity index (χ0) is 60.2. The Bertz CT molecular complexity index is 2050. The van der Waals surface area contributed by atoms with Crippen LogP contribution in [-0.2, 0) is 73.2 Å². The molecule has 1 saturated heterocycles. The molecule has 1 aliphatic rings. The Hall–Kier alpha value is -5.26. The van der Waals surface area contributed by atoms with Crippen LogP contribution in [0.4, 0.5) is 0 Å². The Balaban J connectivity index is 2.07. The lowest BCUT2D eigenvalue weighted by molar-refractivity contribution is -0.194. The molecule has 22 nitrogen and oxygen atoms in total. The fraction of sp³-hybridized carbons (Fsp3) is 0.759. The minimum Gasteiger partial charge on any atom is -0.464 e. The second kappa shape index (κ2) is 37.0. The number of hydrogen-bond acceptors (Lipinski definition) is 16. The Morgan fingerprint density at radius 2 is 1.45 bits per heavy atom. The van der Waals surface area contributed by atoms with Crippen molar-refractivity contribution in [3.8, 4) is 0 Å². The molecule has 1 aliphatic heterocycles. The molecule has 22 heteroatoms. The van der Waals surface area contributed by atoms with Gasteiger partial charge in [0.25, 0.3) is 0 Å². The molecule has 0 spiro atoms. The number of esters is 2. The van der Waals surface area contributed by atoms with Crippen LogP contribution in [0.2, 0.25) is 0 Å². The highest BCUT2D eigenvalue weighted by Crippen LogP contribution is 2.30. The number of benzene rings is 1. The van der Waals surface area contributed by atoms with Crippen LogP contribution in [0, 0.1) is 23.7 Å². The highest BCUT2D eigenvalue weighted by atomic mass is 16.7. The van der Waals surface area contributed by atoms with Crippen LogP contribution in [0.25, 0.3) is 0 Å². The molecular weight excluding hydrogens is 1030 g/mol. The third kappa shape index (κ3) is 22.9. The van der Waals surface area contributed by atoms with Crippen molar-refractivity contribution in [1.29, 1.82) is 0 Å². The van der Waals surface area contributed by atoms with Crippen LogP contribution >= 0.6 is 0 Å². The molecule has 0 aromatic heterocycles. The Morgan fingerprint density at radius 1 is 0.775 bits per heavy atom. The number of carbonyl (C=O) groups excluding carboxylic acids is 8. The molecule has 80 heavy (non-hydrogen) atoms. The largest absolute Gasteiger partial charge is 0.464 e. The average Bonchev–Trinajstić information content (AvgIpc) is 3.92. The third-order valence-corrected chi connectivity index (χ3v) is 14.9. The van der Waals surface area contributed by atoms with Gasteiger partial charge in [-0.05, 0) is 76.4 Å². The molecule has 0 saturated carbocycles. The van der Waals surface area contributed by atoms with Crippen LogP contribution in [0.1, 0.15) is 126 Å². The number of likely N-dealkylation sites (tertiary alicyclic amines) is 1. The van der Waals surface area contributed by atoms with Gasteiger partial charge in [0, 0.05) is 60.7 Å². The van der Waals surface area contributed by atoms with Gasteiger partial charge in [0.2, 0.25) is 35.4 Å². The summed E-state index contributed by atoms with van der Waals surface area (Å²) in [7, 11) is 9.79. The van der Waals surface area contributed by atoms with E-state index in [1.807, 2.05) is 97.8 Å². The van der Waals surface area contributed by atoms with Gasteiger partial charge in [-0.15, -0.1) is 0 Å². The number of aliphatic hydroxyl groups is 1. The molecule has 12 atom stereocenters. The first-order chi connectivity index (χ1) is 37.9. The molecule has 1 heterocycles. The van der Waals surface area contributed by atoms with Gasteiger partial charge >= 0.3 is 11.9 Å². The maximum Gasteiger partial charge on any atom is 0.328 e. The van der Waals surface area contributed by atoms with E-state index in [0.29, 0.717) is 32.2 Å². The second-order valence-corrected chi connectivity index (χ2v) is 21.9. The number of rotatable bonds is 38. The lowest BCUT2D eigenvalue weighted by Gasteiger charge is -2.41. The fourth-order valence-corrected chi connectivity index (χ4v) is 10.1. The first-order valence-corrected chi connectivity index (χ1v) is 28.5. The molecule has 0 radical (unpaired) electrons. The minimum atomic E-state index is -1.000. The van der Waals surface area contributed by atoms with E-state index >= 15 is 0 Å². The first-order valence-electron chi connectivity index (χ1n) is 28.5. The van der Waals surface area contributed by atoms with Crippen LogP contribution in [0.15, 0.2) is 30.3 Å². The number of aliphatic hydroxyl groups excluding tert-OH is 1. The first kappa shape index (κ1) is 70.8. The summed E-state index contributed by atoms with van der Waals surface area (Å²) >= 11 is 0. The van der Waals surface area contributed by atoms with E-state index < -0.39 is 96.4 Å². The molecule has 1 fully saturated rings. The average molecular weight is 1130 g/mol. The summed E-state index contributed by atoms with van der Waals surface area (Å²) in [5.41, 5.74) is 0.802. The maximum atomic E-state index is 14.5. The summed E-state index contributed by atoms with van der Waals surface area (Å²) in [5.74, 6) is -4.48. The molecular formula is C58H99N7O15. The van der Waals surface area contributed by atoms with E-state index in [1.165, 1.54) is 28.3 Å². The minimum absolute atomic E-state index is 0.00492. The Morgan fingerprint density at radius 3 is 2.01 bits per heavy atom. The van der Waals surface area contributed by atoms with Gasteiger partial charge < -0.3 is 64.6 Å². The third-order valence-electron chi connectivity index (χ3n) is 14.9. The molecule has 456 valence electrons. The maximum absolute atomic E-state index is 14.5. The topological polar surface area (TPSA) is 270 Å². The lowest BCUT2D eigenvalue weighted by atomic mass is 9.89. The van der Waals surface area contributed by atoms with E-state index in [9.17, 15) is 43.5 Å². The SMILES string of the molecule is CCC(CO)OC(COC(=O)CCCC(=O)NC(C)C(=O)OCCCNC(=O)[C@H](Cc1ccccc1)NC(=O)[C@H](C)[C@@H](OC)[C@@H]1CCCN1C(=O)C[C@@H](OC)[C@H]([C@@H](C)CC)N(C)C(=O)[C@@H](NC(=O)[C@H](C(C)C)N(C)C)C(C)C)OC. The Kier molecular flexibility index (Phi) is 32.7. The number of ether oxygens (including phenoxy) is 6. The summed E-state index contributed by atoms with van der Waals surface area (Å²) in [5, 5.41) is 20.7. The van der Waals surface area contributed by atoms with E-state index in [4.69, 9.17) is 28.4 Å². The quantitative estimate of drug-likeness (QED) is 0.0361. The number of nitrogens with zero attached hydrogens (tertiary/aromatic N) is 3. The van der Waals surface area contributed by atoms with Crippen LogP contribution in [0.5, 0.6) is 0 Å². The van der Waals surface area contributed by atoms with E-state index in [2.05, 4.69) is 21.3 Å². The van der Waals surface area contributed by atoms with E-state index in [1.54, 1.807) is 23.8 Å². The smallest absolute Gasteiger partial charge is 0.328 e. The fourth-order valence-electron chi connectivity index (χ4n) is 10.1. The molecule has 5 N–H and O–H groups in total. The van der Waals surface area contributed by atoms with Crippen molar-refractivity contribution in [1.82, 2.24) is 36.0 Å². The summed E-state index contributed by atoms with van der Waals surface area (Å²) in [6, 6.07) is 4.97. The summed E-state index contributed by atoms with van der Waals surface area (Å²) in [6.07, 6.45) is 0.111. The molecule has 6 amide bonds. The summed E-state index contributed by atoms with van der Waals surface area (Å²) in [6.45, 7) is 16.8. The van der Waals surface area contributed by atoms with Gasteiger partial charge in [-0.1, -0.05) is 92.1 Å². The Labute approximate surface area is 476 Å². The molecule has 1 aromatic carbocycles. The highest BCUT2D eigenvalue weighted by Gasteiger charge is 2.44. The van der Waals surface area contributed by atoms with Crippen LogP contribution in [0.3, 0.4) is 0 Å². The zero-order valence-corrected chi connectivity index (χ0v) is 50.6. The predicted molar refractivity (Wildman–Crippen MR) is 301 cm³/mol. The van der Waals surface area contributed by atoms with Crippen molar-refractivity contribution in [2.45, 2.75) is 187 Å². The van der Waals surface area contributed by atoms with Gasteiger partial charge in [0.15, 0.2) is 6.29 Å². The number of hydrogen-bond donors (Lipinski definition) is 5. The molecule has 0 aliphatic carbocycles. The standard InChI is InChI=1S/C58H99N7O15/c1-16-38(7)52(64(12)57(73)50(36(3)4)62-56(72)51(37(5)6)63(10)11)45(75-13)33-47(68)65-30-22-26-44(65)53(77-15)39(8)54(70)61-43(32-41-24-19-18-20-25-41)55(71)59-29-23-31-78-58(74)40(9)60-46(67)27-21-28-48(69)79-35-49(76-14)80-42(17-2)34-66/h18-20,24-25,36-40,42-45,49-53,66H,16-17,21-23,26-35H2,1-15H3,(H,59,71)(H,60,67)(H,61,70)(H,62,72)/t38-,39+,40?,42?,43-,44-,45+,49?,50-,51-,52-,53+/m0/s1. The normalized spacial score (nSPS) is 17.7. The molecule has 0 bridgehead atoms.